The average Bonchev–Trinajstić information content (AvgIpc) is 2.55. The third-order valence-corrected chi connectivity index (χ3v) is 4.12. The van der Waals surface area contributed by atoms with Crippen LogP contribution in [0.5, 0.6) is 11.5 Å². The minimum absolute atomic E-state index is 0.0670. The number of hydrogen-bond acceptors (Lipinski definition) is 5. The van der Waals surface area contributed by atoms with E-state index >= 15 is 0 Å². The van der Waals surface area contributed by atoms with Gasteiger partial charge < -0.3 is 14.6 Å². The van der Waals surface area contributed by atoms with Crippen LogP contribution < -0.4 is 9.47 Å². The van der Waals surface area contributed by atoms with E-state index in [-0.39, 0.29) is 34.7 Å². The van der Waals surface area contributed by atoms with Gasteiger partial charge in [0, 0.05) is 6.61 Å². The molecule has 1 aromatic carbocycles. The van der Waals surface area contributed by atoms with Crippen LogP contribution >= 0.6 is 0 Å². The predicted octanol–water partition coefficient (Wildman–Crippen LogP) is 2.59. The summed E-state index contributed by atoms with van der Waals surface area (Å²) in [6.07, 6.45) is 3.82. The number of aryl methyl sites for hydroxylation is 1. The molecule has 5 nitrogen and oxygen atoms in total. The van der Waals surface area contributed by atoms with E-state index in [1.165, 1.54) is 26.4 Å². The maximum absolute atomic E-state index is 12.3. The number of benzene rings is 1. The van der Waals surface area contributed by atoms with E-state index in [4.69, 9.17) is 9.47 Å². The van der Waals surface area contributed by atoms with Gasteiger partial charge >= 0.3 is 0 Å². The Hall–Kier alpha value is -2.14. The molecule has 0 aromatic heterocycles. The summed E-state index contributed by atoms with van der Waals surface area (Å²) < 4.78 is 10.8. The molecule has 0 bridgehead atoms. The van der Waals surface area contributed by atoms with Gasteiger partial charge in [0.25, 0.3) is 0 Å². The second-order valence-electron chi connectivity index (χ2n) is 6.41. The van der Waals surface area contributed by atoms with Crippen LogP contribution in [0.1, 0.15) is 46.5 Å². The van der Waals surface area contributed by atoms with Crippen molar-refractivity contribution in [2.24, 2.45) is 5.41 Å². The number of aliphatic hydroxyl groups excluding tert-OH is 1. The fourth-order valence-electron chi connectivity index (χ4n) is 2.62. The third-order valence-electron chi connectivity index (χ3n) is 4.12. The van der Waals surface area contributed by atoms with Gasteiger partial charge in [0.1, 0.15) is 11.5 Å². The highest BCUT2D eigenvalue weighted by molar-refractivity contribution is 6.24. The summed E-state index contributed by atoms with van der Waals surface area (Å²) in [7, 11) is 2.96. The summed E-state index contributed by atoms with van der Waals surface area (Å²) in [5, 5.41) is 9.40. The Kier molecular flexibility index (Phi) is 4.90. The molecule has 1 aliphatic carbocycles. The van der Waals surface area contributed by atoms with Gasteiger partial charge in [-0.2, -0.15) is 0 Å². The number of rotatable bonds is 6. The first-order chi connectivity index (χ1) is 10.8. The van der Waals surface area contributed by atoms with Gasteiger partial charge in [-0.1, -0.05) is 13.8 Å². The Morgan fingerprint density at radius 3 is 2.17 bits per heavy atom. The summed E-state index contributed by atoms with van der Waals surface area (Å²) >= 11 is 0. The van der Waals surface area contributed by atoms with Gasteiger partial charge in [0.15, 0.2) is 11.6 Å². The third kappa shape index (κ3) is 3.29. The molecule has 0 aliphatic heterocycles. The van der Waals surface area contributed by atoms with Gasteiger partial charge in [0.2, 0.25) is 0 Å². The predicted molar refractivity (Wildman–Crippen MR) is 86.5 cm³/mol. The van der Waals surface area contributed by atoms with Gasteiger partial charge in [-0.25, -0.2) is 0 Å². The fourth-order valence-corrected chi connectivity index (χ4v) is 2.62. The van der Waals surface area contributed by atoms with Crippen molar-refractivity contribution >= 4 is 11.6 Å². The molecule has 0 saturated heterocycles. The first-order valence-corrected chi connectivity index (χ1v) is 7.50. The molecular weight excluding hydrogens is 296 g/mol. The zero-order valence-corrected chi connectivity index (χ0v) is 13.9. The standard InChI is InChI=1S/C18H22O5/c1-18(2,10-19)8-7-11-9-14(22-3)15-12(20)5-6-13(21)16(15)17(11)23-4/h5-6,9,19H,7-8,10H2,1-4H3. The van der Waals surface area contributed by atoms with Crippen LogP contribution in [0.4, 0.5) is 0 Å². The maximum atomic E-state index is 12.3. The number of hydrogen-bond donors (Lipinski definition) is 1. The van der Waals surface area contributed by atoms with E-state index in [2.05, 4.69) is 0 Å². The van der Waals surface area contributed by atoms with Crippen molar-refractivity contribution in [2.45, 2.75) is 26.7 Å². The zero-order valence-electron chi connectivity index (χ0n) is 13.9. The Morgan fingerprint density at radius 1 is 1.04 bits per heavy atom. The van der Waals surface area contributed by atoms with Crippen molar-refractivity contribution in [1.29, 1.82) is 0 Å². The van der Waals surface area contributed by atoms with E-state index < -0.39 is 0 Å². The van der Waals surface area contributed by atoms with Gasteiger partial charge in [-0.15, -0.1) is 0 Å². The molecule has 0 fully saturated rings. The number of ether oxygens (including phenoxy) is 2. The number of fused-ring (bicyclic) bond motifs is 1. The number of carbonyl (C=O) groups excluding carboxylic acids is 2. The molecule has 1 aromatic rings. The summed E-state index contributed by atoms with van der Waals surface area (Å²) in [6.45, 7) is 4.00. The van der Waals surface area contributed by atoms with Crippen molar-refractivity contribution in [1.82, 2.24) is 0 Å². The molecule has 23 heavy (non-hydrogen) atoms. The molecule has 1 N–H and O–H groups in total. The summed E-state index contributed by atoms with van der Waals surface area (Å²) in [4.78, 5) is 24.4. The first kappa shape index (κ1) is 17.2. The normalized spacial score (nSPS) is 14.0. The number of carbonyl (C=O) groups is 2. The second-order valence-corrected chi connectivity index (χ2v) is 6.41. The van der Waals surface area contributed by atoms with Crippen LogP contribution in [-0.2, 0) is 6.42 Å². The van der Waals surface area contributed by atoms with E-state index in [9.17, 15) is 14.7 Å². The van der Waals surface area contributed by atoms with Crippen LogP contribution in [0.15, 0.2) is 18.2 Å². The minimum Gasteiger partial charge on any atom is -0.496 e. The number of allylic oxidation sites excluding steroid dienone is 2. The molecule has 0 heterocycles. The zero-order chi connectivity index (χ0) is 17.2. The summed E-state index contributed by atoms with van der Waals surface area (Å²) in [6, 6.07) is 1.75. The van der Waals surface area contributed by atoms with Gasteiger partial charge in [-0.3, -0.25) is 9.59 Å². The van der Waals surface area contributed by atoms with Crippen molar-refractivity contribution in [3.63, 3.8) is 0 Å². The lowest BCUT2D eigenvalue weighted by Gasteiger charge is -2.24. The molecular formula is C18H22O5. The Labute approximate surface area is 135 Å². The minimum atomic E-state index is -0.267. The monoisotopic (exact) mass is 318 g/mol. The highest BCUT2D eigenvalue weighted by Crippen LogP contribution is 2.38. The van der Waals surface area contributed by atoms with Crippen molar-refractivity contribution in [3.8, 4) is 11.5 Å². The lowest BCUT2D eigenvalue weighted by molar-refractivity contribution is 0.0988. The van der Waals surface area contributed by atoms with Crippen LogP contribution in [-0.4, -0.2) is 37.5 Å². The van der Waals surface area contributed by atoms with Gasteiger partial charge in [-0.05, 0) is 42.0 Å². The van der Waals surface area contributed by atoms with Crippen LogP contribution in [0.2, 0.25) is 0 Å². The number of methoxy groups -OCH3 is 2. The largest absolute Gasteiger partial charge is 0.496 e. The molecule has 5 heteroatoms. The molecule has 0 radical (unpaired) electrons. The molecule has 1 aliphatic rings. The topological polar surface area (TPSA) is 72.8 Å². The average molecular weight is 318 g/mol. The second kappa shape index (κ2) is 6.54. The molecule has 0 spiro atoms. The summed E-state index contributed by atoms with van der Waals surface area (Å²) in [5.41, 5.74) is 1.06. The van der Waals surface area contributed by atoms with E-state index in [1.807, 2.05) is 13.8 Å². The van der Waals surface area contributed by atoms with Crippen LogP contribution in [0.25, 0.3) is 0 Å². The quantitative estimate of drug-likeness (QED) is 0.873. The van der Waals surface area contributed by atoms with E-state index in [0.29, 0.717) is 24.3 Å². The molecule has 0 saturated carbocycles. The Morgan fingerprint density at radius 2 is 1.65 bits per heavy atom. The highest BCUT2D eigenvalue weighted by Gasteiger charge is 2.30. The SMILES string of the molecule is COc1cc(CCC(C)(C)CO)c(OC)c2c1C(=O)C=CC2=O. The van der Waals surface area contributed by atoms with Crippen molar-refractivity contribution in [3.05, 3.63) is 34.9 Å². The Balaban J connectivity index is 2.55. The lowest BCUT2D eigenvalue weighted by Crippen LogP contribution is -2.19. The van der Waals surface area contributed by atoms with Crippen LogP contribution in [0, 0.1) is 5.41 Å². The molecule has 124 valence electrons. The highest BCUT2D eigenvalue weighted by atomic mass is 16.5. The molecule has 2 rings (SSSR count). The first-order valence-electron chi connectivity index (χ1n) is 7.50. The Bertz CT molecular complexity index is 670. The number of ketones is 2. The van der Waals surface area contributed by atoms with Crippen LogP contribution in [0.3, 0.4) is 0 Å². The molecule has 0 amide bonds. The van der Waals surface area contributed by atoms with E-state index in [0.717, 1.165) is 5.56 Å². The maximum Gasteiger partial charge on any atom is 0.190 e. The fraction of sp³-hybridized carbons (Fsp3) is 0.444. The molecule has 0 atom stereocenters. The van der Waals surface area contributed by atoms with E-state index in [1.54, 1.807) is 6.07 Å². The van der Waals surface area contributed by atoms with Crippen molar-refractivity contribution in [2.75, 3.05) is 20.8 Å². The smallest absolute Gasteiger partial charge is 0.190 e. The summed E-state index contributed by atoms with van der Waals surface area (Å²) in [5.74, 6) is 0.257. The number of aliphatic hydroxyl groups is 1. The lowest BCUT2D eigenvalue weighted by atomic mass is 9.84. The van der Waals surface area contributed by atoms with Crippen molar-refractivity contribution < 1.29 is 24.2 Å². The van der Waals surface area contributed by atoms with Gasteiger partial charge in [0.05, 0.1) is 25.3 Å². The molecule has 0 unspecified atom stereocenters.